The van der Waals surface area contributed by atoms with Crippen LogP contribution in [0.5, 0.6) is 0 Å². The third-order valence-corrected chi connectivity index (χ3v) is 3.02. The summed E-state index contributed by atoms with van der Waals surface area (Å²) < 4.78 is 40.0. The maximum absolute atomic E-state index is 11.8. The number of ether oxygens (including phenoxy) is 1. The average molecular weight is 240 g/mol. The van der Waals surface area contributed by atoms with Gasteiger partial charge in [-0.05, 0) is 25.2 Å². The van der Waals surface area contributed by atoms with Crippen LogP contribution in [0.4, 0.5) is 13.2 Å². The molecule has 1 fully saturated rings. The van der Waals surface area contributed by atoms with Gasteiger partial charge in [0.2, 0.25) is 0 Å². The van der Waals surface area contributed by atoms with Crippen molar-refractivity contribution in [3.8, 4) is 0 Å². The van der Waals surface area contributed by atoms with Gasteiger partial charge in [-0.2, -0.15) is 13.2 Å². The van der Waals surface area contributed by atoms with Crippen molar-refractivity contribution in [1.29, 1.82) is 0 Å². The van der Waals surface area contributed by atoms with E-state index in [4.69, 9.17) is 5.84 Å². The van der Waals surface area contributed by atoms with Crippen molar-refractivity contribution in [1.82, 2.24) is 5.43 Å². The van der Waals surface area contributed by atoms with Gasteiger partial charge in [0.15, 0.2) is 0 Å². The fourth-order valence-corrected chi connectivity index (χ4v) is 2.21. The molecule has 1 saturated carbocycles. The average Bonchev–Trinajstić information content (AvgIpc) is 2.69. The van der Waals surface area contributed by atoms with Crippen LogP contribution in [-0.2, 0) is 4.74 Å². The number of nitrogens with two attached hydrogens (primary N) is 1. The summed E-state index contributed by atoms with van der Waals surface area (Å²) in [6, 6.07) is 0.0794. The molecule has 0 saturated heterocycles. The van der Waals surface area contributed by atoms with Gasteiger partial charge in [0.25, 0.3) is 0 Å². The van der Waals surface area contributed by atoms with Crippen LogP contribution < -0.4 is 11.3 Å². The Balaban J connectivity index is 2.14. The summed E-state index contributed by atoms with van der Waals surface area (Å²) in [5.41, 5.74) is 2.68. The highest BCUT2D eigenvalue weighted by atomic mass is 19.4. The Kier molecular flexibility index (Phi) is 5.51. The van der Waals surface area contributed by atoms with Crippen molar-refractivity contribution in [3.05, 3.63) is 0 Å². The molecule has 1 unspecified atom stereocenters. The van der Waals surface area contributed by atoms with Gasteiger partial charge in [-0.15, -0.1) is 0 Å². The smallest absolute Gasteiger partial charge is 0.372 e. The number of nitrogens with one attached hydrogen (secondary N) is 1. The predicted octanol–water partition coefficient (Wildman–Crippen LogP) is 1.98. The summed E-state index contributed by atoms with van der Waals surface area (Å²) in [5.74, 6) is 5.88. The standard InChI is InChI=1S/C10H19F3N2O/c11-10(12,13)7-16-6-5-9(15-14)8-3-1-2-4-8/h8-9,15H,1-7,14H2. The first-order valence-electron chi connectivity index (χ1n) is 5.63. The minimum absolute atomic E-state index is 0.0794. The quantitative estimate of drug-likeness (QED) is 0.424. The molecule has 3 nitrogen and oxygen atoms in total. The monoisotopic (exact) mass is 240 g/mol. The molecule has 0 aromatic carbocycles. The van der Waals surface area contributed by atoms with Crippen LogP contribution in [0.25, 0.3) is 0 Å². The van der Waals surface area contributed by atoms with E-state index in [9.17, 15) is 13.2 Å². The van der Waals surface area contributed by atoms with Crippen molar-refractivity contribution in [2.45, 2.75) is 44.3 Å². The number of hydrazine groups is 1. The van der Waals surface area contributed by atoms with Crippen LogP contribution in [0.2, 0.25) is 0 Å². The summed E-state index contributed by atoms with van der Waals surface area (Å²) >= 11 is 0. The van der Waals surface area contributed by atoms with Gasteiger partial charge in [-0.1, -0.05) is 12.8 Å². The number of hydrogen-bond donors (Lipinski definition) is 2. The molecule has 0 aliphatic heterocycles. The van der Waals surface area contributed by atoms with Crippen LogP contribution in [0.3, 0.4) is 0 Å². The second kappa shape index (κ2) is 6.42. The largest absolute Gasteiger partial charge is 0.411 e. The zero-order valence-corrected chi connectivity index (χ0v) is 9.22. The fraction of sp³-hybridized carbons (Fsp3) is 1.00. The zero-order chi connectivity index (χ0) is 12.0. The van der Waals surface area contributed by atoms with Crippen LogP contribution in [0.15, 0.2) is 0 Å². The maximum Gasteiger partial charge on any atom is 0.411 e. The molecular formula is C10H19F3N2O. The van der Waals surface area contributed by atoms with Gasteiger partial charge in [0, 0.05) is 12.6 Å². The lowest BCUT2D eigenvalue weighted by molar-refractivity contribution is -0.174. The number of halogens is 3. The second-order valence-electron chi connectivity index (χ2n) is 4.27. The molecule has 6 heteroatoms. The van der Waals surface area contributed by atoms with E-state index in [1.165, 1.54) is 12.8 Å². The lowest BCUT2D eigenvalue weighted by Gasteiger charge is -2.22. The Morgan fingerprint density at radius 2 is 1.94 bits per heavy atom. The highest BCUT2D eigenvalue weighted by Gasteiger charge is 2.28. The molecule has 1 aliphatic rings. The Morgan fingerprint density at radius 3 is 2.44 bits per heavy atom. The minimum Gasteiger partial charge on any atom is -0.372 e. The molecule has 0 amide bonds. The SMILES string of the molecule is NNC(CCOCC(F)(F)F)C1CCCC1. The van der Waals surface area contributed by atoms with Gasteiger partial charge in [0.1, 0.15) is 6.61 Å². The Bertz CT molecular complexity index is 193. The van der Waals surface area contributed by atoms with Crippen LogP contribution in [-0.4, -0.2) is 25.4 Å². The van der Waals surface area contributed by atoms with E-state index in [1.54, 1.807) is 0 Å². The topological polar surface area (TPSA) is 47.3 Å². The highest BCUT2D eigenvalue weighted by molar-refractivity contribution is 4.78. The molecule has 1 atom stereocenters. The fourth-order valence-electron chi connectivity index (χ4n) is 2.21. The minimum atomic E-state index is -4.24. The third-order valence-electron chi connectivity index (χ3n) is 3.02. The molecule has 0 bridgehead atoms. The van der Waals surface area contributed by atoms with Gasteiger partial charge < -0.3 is 4.74 Å². The van der Waals surface area contributed by atoms with E-state index in [0.29, 0.717) is 12.3 Å². The number of alkyl halides is 3. The zero-order valence-electron chi connectivity index (χ0n) is 9.22. The molecule has 0 radical (unpaired) electrons. The van der Waals surface area contributed by atoms with Crippen LogP contribution >= 0.6 is 0 Å². The molecule has 0 aromatic rings. The third kappa shape index (κ3) is 5.14. The molecule has 16 heavy (non-hydrogen) atoms. The van der Waals surface area contributed by atoms with Crippen LogP contribution in [0, 0.1) is 5.92 Å². The molecule has 1 rings (SSSR count). The van der Waals surface area contributed by atoms with E-state index in [1.807, 2.05) is 0 Å². The Morgan fingerprint density at radius 1 is 1.31 bits per heavy atom. The first-order chi connectivity index (χ1) is 7.53. The van der Waals surface area contributed by atoms with Crippen molar-refractivity contribution in [2.75, 3.05) is 13.2 Å². The summed E-state index contributed by atoms with van der Waals surface area (Å²) in [6.45, 7) is -1.07. The summed E-state index contributed by atoms with van der Waals surface area (Å²) in [5, 5.41) is 0. The molecule has 3 N–H and O–H groups in total. The Hall–Kier alpha value is -0.330. The van der Waals surface area contributed by atoms with E-state index < -0.39 is 12.8 Å². The van der Waals surface area contributed by atoms with Crippen molar-refractivity contribution < 1.29 is 17.9 Å². The molecule has 0 spiro atoms. The first-order valence-corrected chi connectivity index (χ1v) is 5.63. The molecule has 0 aromatic heterocycles. The van der Waals surface area contributed by atoms with E-state index in [0.717, 1.165) is 12.8 Å². The summed E-state index contributed by atoms with van der Waals surface area (Å²) in [6.07, 6.45) is 0.886. The van der Waals surface area contributed by atoms with Crippen molar-refractivity contribution in [3.63, 3.8) is 0 Å². The molecule has 0 heterocycles. The number of rotatable bonds is 6. The second-order valence-corrected chi connectivity index (χ2v) is 4.27. The van der Waals surface area contributed by atoms with Crippen molar-refractivity contribution in [2.24, 2.45) is 11.8 Å². The molecule has 96 valence electrons. The highest BCUT2D eigenvalue weighted by Crippen LogP contribution is 2.28. The van der Waals surface area contributed by atoms with Gasteiger partial charge in [-0.25, -0.2) is 0 Å². The van der Waals surface area contributed by atoms with Crippen molar-refractivity contribution >= 4 is 0 Å². The van der Waals surface area contributed by atoms with Gasteiger partial charge in [0.05, 0.1) is 0 Å². The summed E-state index contributed by atoms with van der Waals surface area (Å²) in [7, 11) is 0. The number of hydrogen-bond acceptors (Lipinski definition) is 3. The van der Waals surface area contributed by atoms with Gasteiger partial charge in [-0.3, -0.25) is 11.3 Å². The van der Waals surface area contributed by atoms with Gasteiger partial charge >= 0.3 is 6.18 Å². The lowest BCUT2D eigenvalue weighted by atomic mass is 9.96. The van der Waals surface area contributed by atoms with Crippen LogP contribution in [0.1, 0.15) is 32.1 Å². The normalized spacial score (nSPS) is 20.2. The maximum atomic E-state index is 11.8. The summed E-state index contributed by atoms with van der Waals surface area (Å²) in [4.78, 5) is 0. The first kappa shape index (κ1) is 13.7. The Labute approximate surface area is 93.5 Å². The van der Waals surface area contributed by atoms with E-state index >= 15 is 0 Å². The molecule has 1 aliphatic carbocycles. The predicted molar refractivity (Wildman–Crippen MR) is 54.6 cm³/mol. The lowest BCUT2D eigenvalue weighted by Crippen LogP contribution is -2.41. The molecular weight excluding hydrogens is 221 g/mol. The van der Waals surface area contributed by atoms with E-state index in [2.05, 4.69) is 10.2 Å². The van der Waals surface area contributed by atoms with E-state index in [-0.39, 0.29) is 12.6 Å².